The first kappa shape index (κ1) is 24.2. The van der Waals surface area contributed by atoms with Gasteiger partial charge in [-0.1, -0.05) is 0 Å². The standard InChI is InChI=1S/C11H21NO3.C7H7NO2.ClH/c1-4-15-11(14)9-7-12(8(2)3)6-5-10(9)13;8-6-3-1-5(2-4-6)7(9)10;/h8-10,13H,4-7H2,1-3H3;1-4H,8H2,(H,9,10);1H. The van der Waals surface area contributed by atoms with E-state index in [1.807, 2.05) is 0 Å². The Balaban J connectivity index is 0.000000497. The molecule has 1 aromatic carbocycles. The van der Waals surface area contributed by atoms with Crippen molar-refractivity contribution in [3.8, 4) is 0 Å². The monoisotopic (exact) mass is 388 g/mol. The number of nitrogens with two attached hydrogens (primary N) is 1. The second-order valence-electron chi connectivity index (χ2n) is 6.23. The van der Waals surface area contributed by atoms with E-state index < -0.39 is 12.1 Å². The molecule has 0 bridgehead atoms. The summed E-state index contributed by atoms with van der Waals surface area (Å²) in [5, 5.41) is 18.2. The molecule has 1 aliphatic rings. The predicted octanol–water partition coefficient (Wildman–Crippen LogP) is 2.03. The number of nitrogens with zero attached hydrogens (tertiary/aromatic N) is 1. The maximum atomic E-state index is 11.6. The molecule has 1 aliphatic heterocycles. The third-order valence-electron chi connectivity index (χ3n) is 4.09. The van der Waals surface area contributed by atoms with Gasteiger partial charge < -0.3 is 20.7 Å². The van der Waals surface area contributed by atoms with Crippen molar-refractivity contribution in [3.63, 3.8) is 0 Å². The number of carbonyl (C=O) groups excluding carboxylic acids is 1. The minimum atomic E-state index is -0.931. The number of aliphatic hydroxyl groups is 1. The van der Waals surface area contributed by atoms with Crippen LogP contribution in [0.2, 0.25) is 0 Å². The lowest BCUT2D eigenvalue weighted by atomic mass is 9.94. The zero-order chi connectivity index (χ0) is 19.0. The first-order chi connectivity index (χ1) is 11.8. The fourth-order valence-corrected chi connectivity index (χ4v) is 2.54. The highest BCUT2D eigenvalue weighted by Crippen LogP contribution is 2.20. The summed E-state index contributed by atoms with van der Waals surface area (Å²) in [6.45, 7) is 7.82. The average Bonchev–Trinajstić information content (AvgIpc) is 2.56. The number of halogens is 1. The van der Waals surface area contributed by atoms with Crippen LogP contribution in [0, 0.1) is 5.92 Å². The lowest BCUT2D eigenvalue weighted by molar-refractivity contribution is -0.155. The van der Waals surface area contributed by atoms with Gasteiger partial charge in [0.1, 0.15) is 0 Å². The molecular weight excluding hydrogens is 360 g/mol. The van der Waals surface area contributed by atoms with Crippen LogP contribution in [-0.2, 0) is 9.53 Å². The van der Waals surface area contributed by atoms with Crippen LogP contribution in [0.3, 0.4) is 0 Å². The van der Waals surface area contributed by atoms with E-state index in [4.69, 9.17) is 15.6 Å². The lowest BCUT2D eigenvalue weighted by Crippen LogP contribution is -2.49. The second kappa shape index (κ2) is 11.7. The Kier molecular flexibility index (Phi) is 10.9. The van der Waals surface area contributed by atoms with Gasteiger partial charge in [-0.3, -0.25) is 9.69 Å². The third-order valence-corrected chi connectivity index (χ3v) is 4.09. The van der Waals surface area contributed by atoms with Gasteiger partial charge in [0, 0.05) is 24.8 Å². The molecule has 2 rings (SSSR count). The smallest absolute Gasteiger partial charge is 0.335 e. The normalized spacial score (nSPS) is 19.7. The lowest BCUT2D eigenvalue weighted by Gasteiger charge is -2.37. The molecule has 1 heterocycles. The Labute approximate surface area is 160 Å². The molecule has 0 aromatic heterocycles. The van der Waals surface area contributed by atoms with Crippen molar-refractivity contribution in [1.29, 1.82) is 0 Å². The molecule has 1 aromatic rings. The molecule has 0 spiro atoms. The molecule has 148 valence electrons. The van der Waals surface area contributed by atoms with Gasteiger partial charge >= 0.3 is 11.9 Å². The molecular formula is C18H29ClN2O5. The SMILES string of the molecule is CCOC(=O)C1CN(C(C)C)CCC1O.Cl.Nc1ccc(C(=O)O)cc1. The molecule has 0 aliphatic carbocycles. The van der Waals surface area contributed by atoms with E-state index in [1.165, 1.54) is 12.1 Å². The molecule has 2 unspecified atom stereocenters. The molecule has 0 amide bonds. The van der Waals surface area contributed by atoms with Gasteiger partial charge in [0.25, 0.3) is 0 Å². The van der Waals surface area contributed by atoms with Crippen LogP contribution in [-0.4, -0.2) is 58.9 Å². The number of aliphatic hydroxyl groups excluding tert-OH is 1. The maximum Gasteiger partial charge on any atom is 0.335 e. The first-order valence-corrected chi connectivity index (χ1v) is 8.43. The van der Waals surface area contributed by atoms with Crippen molar-refractivity contribution in [2.75, 3.05) is 25.4 Å². The van der Waals surface area contributed by atoms with E-state index >= 15 is 0 Å². The largest absolute Gasteiger partial charge is 0.478 e. The molecule has 2 atom stereocenters. The number of carboxylic acids is 1. The van der Waals surface area contributed by atoms with E-state index in [1.54, 1.807) is 19.1 Å². The Morgan fingerprint density at radius 2 is 1.88 bits per heavy atom. The summed E-state index contributed by atoms with van der Waals surface area (Å²) in [5.41, 5.74) is 6.17. The van der Waals surface area contributed by atoms with Crippen molar-refractivity contribution in [3.05, 3.63) is 29.8 Å². The number of esters is 1. The summed E-state index contributed by atoms with van der Waals surface area (Å²) in [6, 6.07) is 6.47. The highest BCUT2D eigenvalue weighted by atomic mass is 35.5. The summed E-state index contributed by atoms with van der Waals surface area (Å²) in [7, 11) is 0. The van der Waals surface area contributed by atoms with Gasteiger partial charge in [0.2, 0.25) is 0 Å². The van der Waals surface area contributed by atoms with Crippen LogP contribution in [0.5, 0.6) is 0 Å². The number of carboxylic acid groups (broad SMARTS) is 1. The quantitative estimate of drug-likeness (QED) is 0.534. The van der Waals surface area contributed by atoms with Crippen LogP contribution in [0.25, 0.3) is 0 Å². The van der Waals surface area contributed by atoms with E-state index in [-0.39, 0.29) is 29.9 Å². The van der Waals surface area contributed by atoms with Crippen LogP contribution in [0.4, 0.5) is 5.69 Å². The van der Waals surface area contributed by atoms with Gasteiger partial charge in [-0.2, -0.15) is 0 Å². The number of hydrogen-bond donors (Lipinski definition) is 3. The van der Waals surface area contributed by atoms with Crippen molar-refractivity contribution in [1.82, 2.24) is 4.90 Å². The number of carbonyl (C=O) groups is 2. The number of anilines is 1. The van der Waals surface area contributed by atoms with Crippen molar-refractivity contribution >= 4 is 30.0 Å². The topological polar surface area (TPSA) is 113 Å². The van der Waals surface area contributed by atoms with Crippen molar-refractivity contribution < 1.29 is 24.5 Å². The van der Waals surface area contributed by atoms with Gasteiger partial charge in [-0.25, -0.2) is 4.79 Å². The van der Waals surface area contributed by atoms with E-state index in [0.717, 1.165) is 6.54 Å². The minimum absolute atomic E-state index is 0. The highest BCUT2D eigenvalue weighted by molar-refractivity contribution is 5.87. The number of benzene rings is 1. The van der Waals surface area contributed by atoms with E-state index in [9.17, 15) is 14.7 Å². The highest BCUT2D eigenvalue weighted by Gasteiger charge is 2.34. The van der Waals surface area contributed by atoms with Crippen LogP contribution in [0.1, 0.15) is 37.6 Å². The molecule has 8 heteroatoms. The number of rotatable bonds is 4. The first-order valence-electron chi connectivity index (χ1n) is 8.43. The van der Waals surface area contributed by atoms with Crippen molar-refractivity contribution in [2.45, 2.75) is 39.3 Å². The number of piperidine rings is 1. The summed E-state index contributed by atoms with van der Waals surface area (Å²) in [5.74, 6) is -1.57. The number of ether oxygens (including phenoxy) is 1. The fraction of sp³-hybridized carbons (Fsp3) is 0.556. The molecule has 0 radical (unpaired) electrons. The van der Waals surface area contributed by atoms with Gasteiger partial charge in [0.15, 0.2) is 0 Å². The minimum Gasteiger partial charge on any atom is -0.478 e. The zero-order valence-corrected chi connectivity index (χ0v) is 16.2. The molecule has 26 heavy (non-hydrogen) atoms. The molecule has 1 saturated heterocycles. The van der Waals surface area contributed by atoms with Gasteiger partial charge in [-0.15, -0.1) is 12.4 Å². The third kappa shape index (κ3) is 7.59. The van der Waals surface area contributed by atoms with Crippen LogP contribution >= 0.6 is 12.4 Å². The Morgan fingerprint density at radius 1 is 1.31 bits per heavy atom. The van der Waals surface area contributed by atoms with Crippen LogP contribution < -0.4 is 5.73 Å². The fourth-order valence-electron chi connectivity index (χ4n) is 2.54. The predicted molar refractivity (Wildman–Crippen MR) is 103 cm³/mol. The number of aromatic carboxylic acids is 1. The molecule has 1 fully saturated rings. The average molecular weight is 389 g/mol. The Morgan fingerprint density at radius 3 is 2.35 bits per heavy atom. The summed E-state index contributed by atoms with van der Waals surface area (Å²) in [4.78, 5) is 24.0. The number of likely N-dealkylation sites (tertiary alicyclic amines) is 1. The van der Waals surface area contributed by atoms with Crippen LogP contribution in [0.15, 0.2) is 24.3 Å². The summed E-state index contributed by atoms with van der Waals surface area (Å²) < 4.78 is 4.95. The molecule has 7 nitrogen and oxygen atoms in total. The number of nitrogen functional groups attached to an aromatic ring is 1. The molecule has 0 saturated carbocycles. The Bertz CT molecular complexity index is 565. The second-order valence-corrected chi connectivity index (χ2v) is 6.23. The summed E-state index contributed by atoms with van der Waals surface area (Å²) >= 11 is 0. The number of hydrogen-bond acceptors (Lipinski definition) is 6. The van der Waals surface area contributed by atoms with Gasteiger partial charge in [-0.05, 0) is 51.5 Å². The zero-order valence-electron chi connectivity index (χ0n) is 15.4. The maximum absolute atomic E-state index is 11.6. The van der Waals surface area contributed by atoms with Crippen molar-refractivity contribution in [2.24, 2.45) is 5.92 Å². The Hall–Kier alpha value is -1.83. The summed E-state index contributed by atoms with van der Waals surface area (Å²) in [6.07, 6.45) is 0.112. The van der Waals surface area contributed by atoms with E-state index in [2.05, 4.69) is 18.7 Å². The van der Waals surface area contributed by atoms with Gasteiger partial charge in [0.05, 0.1) is 24.2 Å². The van der Waals surface area contributed by atoms with E-state index in [0.29, 0.717) is 31.3 Å². The molecule has 4 N–H and O–H groups in total.